The monoisotopic (exact) mass is 352 g/mol. The number of hydrogen-bond acceptors (Lipinski definition) is 5. The second kappa shape index (κ2) is 6.31. The summed E-state index contributed by atoms with van der Waals surface area (Å²) in [5.74, 6) is 0.0759. The molecule has 0 amide bonds. The first-order valence-electron chi connectivity index (χ1n) is 5.19. The molecule has 1 aromatic carbocycles. The fourth-order valence-electron chi connectivity index (χ4n) is 1.39. The van der Waals surface area contributed by atoms with E-state index in [0.29, 0.717) is 5.33 Å². The van der Waals surface area contributed by atoms with Gasteiger partial charge in [0.15, 0.2) is 0 Å². The van der Waals surface area contributed by atoms with Crippen molar-refractivity contribution in [3.05, 3.63) is 28.3 Å². The largest absolute Gasteiger partial charge is 0.495 e. The number of nitro benzene ring substituents is 1. The van der Waals surface area contributed by atoms with Crippen LogP contribution in [0.5, 0.6) is 5.75 Å². The number of nitro groups is 1. The summed E-state index contributed by atoms with van der Waals surface area (Å²) in [6.45, 7) is 0.244. The highest BCUT2D eigenvalue weighted by Crippen LogP contribution is 2.29. The van der Waals surface area contributed by atoms with E-state index in [4.69, 9.17) is 4.74 Å². The van der Waals surface area contributed by atoms with Gasteiger partial charge in [-0.3, -0.25) is 10.1 Å². The number of nitrogens with zero attached hydrogens (tertiary/aromatic N) is 2. The van der Waals surface area contributed by atoms with Gasteiger partial charge in [0.05, 0.1) is 12.0 Å². The number of rotatable bonds is 6. The molecule has 0 atom stereocenters. The van der Waals surface area contributed by atoms with Gasteiger partial charge in [0.1, 0.15) is 10.6 Å². The summed E-state index contributed by atoms with van der Waals surface area (Å²) in [7, 11) is -1.12. The molecule has 0 aliphatic heterocycles. The van der Waals surface area contributed by atoms with Crippen LogP contribution in [0.2, 0.25) is 0 Å². The van der Waals surface area contributed by atoms with Gasteiger partial charge in [-0.2, -0.15) is 4.31 Å². The highest BCUT2D eigenvalue weighted by Gasteiger charge is 2.26. The molecule has 9 heteroatoms. The Morgan fingerprint density at radius 1 is 1.47 bits per heavy atom. The predicted octanol–water partition coefficient (Wildman–Crippen LogP) is 1.62. The van der Waals surface area contributed by atoms with Gasteiger partial charge >= 0.3 is 0 Å². The summed E-state index contributed by atoms with van der Waals surface area (Å²) in [5.41, 5.74) is -0.299. The number of ether oxygens (including phenoxy) is 1. The van der Waals surface area contributed by atoms with E-state index in [1.165, 1.54) is 26.3 Å². The van der Waals surface area contributed by atoms with Crippen LogP contribution in [-0.2, 0) is 10.0 Å². The number of hydrogen-bond donors (Lipinski definition) is 0. The van der Waals surface area contributed by atoms with Crippen LogP contribution in [0.25, 0.3) is 0 Å². The van der Waals surface area contributed by atoms with Crippen LogP contribution in [0.15, 0.2) is 23.1 Å². The lowest BCUT2D eigenvalue weighted by Gasteiger charge is -2.17. The maximum Gasteiger partial charge on any atom is 0.271 e. The first kappa shape index (κ1) is 15.9. The molecule has 0 fully saturated rings. The van der Waals surface area contributed by atoms with E-state index in [0.717, 1.165) is 10.4 Å². The minimum absolute atomic E-state index is 0.0759. The Morgan fingerprint density at radius 3 is 2.58 bits per heavy atom. The Balaban J connectivity index is 3.38. The maximum atomic E-state index is 12.3. The van der Waals surface area contributed by atoms with Crippen molar-refractivity contribution in [3.8, 4) is 5.75 Å². The van der Waals surface area contributed by atoms with Gasteiger partial charge in [-0.1, -0.05) is 15.9 Å². The Hall–Kier alpha value is -1.19. The van der Waals surface area contributed by atoms with Gasteiger partial charge in [0, 0.05) is 31.1 Å². The van der Waals surface area contributed by atoms with E-state index in [2.05, 4.69) is 15.9 Å². The van der Waals surface area contributed by atoms with Crippen LogP contribution in [0.1, 0.15) is 0 Å². The van der Waals surface area contributed by atoms with Gasteiger partial charge in [-0.25, -0.2) is 8.42 Å². The molecule has 1 rings (SSSR count). The summed E-state index contributed by atoms with van der Waals surface area (Å²) in [5, 5.41) is 11.2. The van der Waals surface area contributed by atoms with Gasteiger partial charge in [-0.05, 0) is 6.07 Å². The molecule has 0 heterocycles. The fraction of sp³-hybridized carbons (Fsp3) is 0.400. The Labute approximate surface area is 119 Å². The minimum atomic E-state index is -3.83. The van der Waals surface area contributed by atoms with E-state index < -0.39 is 14.9 Å². The molecule has 19 heavy (non-hydrogen) atoms. The molecule has 0 N–H and O–H groups in total. The van der Waals surface area contributed by atoms with Crippen LogP contribution in [-0.4, -0.2) is 43.7 Å². The molecule has 0 aromatic heterocycles. The average molecular weight is 353 g/mol. The van der Waals surface area contributed by atoms with Crippen molar-refractivity contribution in [2.45, 2.75) is 4.90 Å². The number of benzene rings is 1. The third-order valence-electron chi connectivity index (χ3n) is 2.45. The predicted molar refractivity (Wildman–Crippen MR) is 73.3 cm³/mol. The van der Waals surface area contributed by atoms with Crippen LogP contribution in [0.3, 0.4) is 0 Å². The van der Waals surface area contributed by atoms with Crippen LogP contribution < -0.4 is 4.74 Å². The molecule has 0 spiro atoms. The normalized spacial score (nSPS) is 11.6. The van der Waals surface area contributed by atoms with Crippen LogP contribution in [0.4, 0.5) is 5.69 Å². The zero-order valence-corrected chi connectivity index (χ0v) is 12.8. The van der Waals surface area contributed by atoms with E-state index in [9.17, 15) is 18.5 Å². The summed E-state index contributed by atoms with van der Waals surface area (Å²) in [4.78, 5) is 9.86. The van der Waals surface area contributed by atoms with Gasteiger partial charge in [-0.15, -0.1) is 0 Å². The Bertz CT molecular complexity index is 575. The highest BCUT2D eigenvalue weighted by molar-refractivity contribution is 9.09. The average Bonchev–Trinajstić information content (AvgIpc) is 2.38. The van der Waals surface area contributed by atoms with Crippen molar-refractivity contribution in [2.24, 2.45) is 0 Å². The van der Waals surface area contributed by atoms with Crippen LogP contribution >= 0.6 is 15.9 Å². The molecular weight excluding hydrogens is 340 g/mol. The Kier molecular flexibility index (Phi) is 5.27. The molecule has 0 saturated carbocycles. The molecule has 0 unspecified atom stereocenters. The van der Waals surface area contributed by atoms with Crippen molar-refractivity contribution in [1.82, 2.24) is 4.31 Å². The molecule has 1 aromatic rings. The third kappa shape index (κ3) is 3.43. The highest BCUT2D eigenvalue weighted by atomic mass is 79.9. The summed E-state index contributed by atoms with van der Waals surface area (Å²) >= 11 is 3.14. The SMILES string of the molecule is COc1ccc([N+](=O)[O-])cc1S(=O)(=O)N(C)CCBr. The first-order chi connectivity index (χ1) is 8.84. The first-order valence-corrected chi connectivity index (χ1v) is 7.75. The third-order valence-corrected chi connectivity index (χ3v) is 4.68. The number of alkyl halides is 1. The van der Waals surface area contributed by atoms with Crippen molar-refractivity contribution >= 4 is 31.6 Å². The number of halogens is 1. The molecule has 0 radical (unpaired) electrons. The molecule has 7 nitrogen and oxygen atoms in total. The molecule has 0 aliphatic carbocycles. The van der Waals surface area contributed by atoms with Gasteiger partial charge in [0.2, 0.25) is 10.0 Å². The van der Waals surface area contributed by atoms with E-state index in [1.54, 1.807) is 0 Å². The van der Waals surface area contributed by atoms with Gasteiger partial charge in [0.25, 0.3) is 5.69 Å². The van der Waals surface area contributed by atoms with E-state index >= 15 is 0 Å². The number of sulfonamides is 1. The van der Waals surface area contributed by atoms with Crippen molar-refractivity contribution < 1.29 is 18.1 Å². The van der Waals surface area contributed by atoms with Crippen molar-refractivity contribution in [2.75, 3.05) is 26.0 Å². The fourth-order valence-corrected chi connectivity index (χ4v) is 3.50. The lowest BCUT2D eigenvalue weighted by Crippen LogP contribution is -2.29. The minimum Gasteiger partial charge on any atom is -0.495 e. The quantitative estimate of drug-likeness (QED) is 0.440. The smallest absolute Gasteiger partial charge is 0.271 e. The second-order valence-electron chi connectivity index (χ2n) is 3.61. The second-order valence-corrected chi connectivity index (χ2v) is 6.41. The molecule has 0 saturated heterocycles. The topological polar surface area (TPSA) is 89.7 Å². The molecule has 0 aliphatic rings. The number of non-ortho nitro benzene ring substituents is 1. The maximum absolute atomic E-state index is 12.3. The molecule has 106 valence electrons. The summed E-state index contributed by atoms with van der Waals surface area (Å²) in [6, 6.07) is 3.47. The van der Waals surface area contributed by atoms with Crippen LogP contribution in [0, 0.1) is 10.1 Å². The zero-order valence-electron chi connectivity index (χ0n) is 10.4. The summed E-state index contributed by atoms with van der Waals surface area (Å²) in [6.07, 6.45) is 0. The van der Waals surface area contributed by atoms with Gasteiger partial charge < -0.3 is 4.74 Å². The summed E-state index contributed by atoms with van der Waals surface area (Å²) < 4.78 is 30.6. The zero-order chi connectivity index (χ0) is 14.6. The Morgan fingerprint density at radius 2 is 2.11 bits per heavy atom. The molecular formula is C10H13BrN2O5S. The van der Waals surface area contributed by atoms with Crippen molar-refractivity contribution in [1.29, 1.82) is 0 Å². The lowest BCUT2D eigenvalue weighted by molar-refractivity contribution is -0.385. The van der Waals surface area contributed by atoms with Crippen molar-refractivity contribution in [3.63, 3.8) is 0 Å². The molecule has 0 bridgehead atoms. The lowest BCUT2D eigenvalue weighted by atomic mass is 10.3. The standard InChI is InChI=1S/C10H13BrN2O5S/c1-12(6-5-11)19(16,17)10-7-8(13(14)15)3-4-9(10)18-2/h3-4,7H,5-6H2,1-2H3. The van der Waals surface area contributed by atoms with E-state index in [-0.39, 0.29) is 22.9 Å². The number of methoxy groups -OCH3 is 1. The van der Waals surface area contributed by atoms with E-state index in [1.807, 2.05) is 0 Å².